The van der Waals surface area contributed by atoms with E-state index >= 15 is 0 Å². The van der Waals surface area contributed by atoms with Crippen LogP contribution in [0.25, 0.3) is 16.9 Å². The molecule has 1 aliphatic heterocycles. The number of hydrogen-bond donors (Lipinski definition) is 3. The van der Waals surface area contributed by atoms with Crippen LogP contribution in [0.5, 0.6) is 0 Å². The average Bonchev–Trinajstić information content (AvgIpc) is 3.41. The Morgan fingerprint density at radius 2 is 1.93 bits per heavy atom. The number of aromatic nitrogens is 3. The van der Waals surface area contributed by atoms with Crippen molar-refractivity contribution in [3.63, 3.8) is 0 Å². The van der Waals surface area contributed by atoms with Gasteiger partial charge in [-0.1, -0.05) is 12.1 Å². The van der Waals surface area contributed by atoms with Gasteiger partial charge >= 0.3 is 6.03 Å². The van der Waals surface area contributed by atoms with E-state index in [4.69, 9.17) is 0 Å². The van der Waals surface area contributed by atoms with Crippen molar-refractivity contribution in [1.82, 2.24) is 24.6 Å². The summed E-state index contributed by atoms with van der Waals surface area (Å²) in [5, 5.41) is 8.87. The number of urea groups is 1. The standard InChI is InChI=1S/C21H27N7O/c1-22-19-20-25-15-18(28(20)14-10-23-19)16-5-7-17(8-6-16)26-21(29)24-9-4-13-27-11-2-3-12-27/h5-8,10,14-15H,2-4,9,11-13H2,1H3,(H,22,23)(H2,24,26,29). The van der Waals surface area contributed by atoms with Crippen LogP contribution in [0.15, 0.2) is 42.9 Å². The van der Waals surface area contributed by atoms with Crippen molar-refractivity contribution >= 4 is 23.2 Å². The molecule has 8 heteroatoms. The van der Waals surface area contributed by atoms with Gasteiger partial charge in [0.15, 0.2) is 11.5 Å². The Morgan fingerprint density at radius 3 is 2.69 bits per heavy atom. The molecule has 0 unspecified atom stereocenters. The molecule has 8 nitrogen and oxygen atoms in total. The second-order valence-electron chi connectivity index (χ2n) is 7.22. The lowest BCUT2D eigenvalue weighted by Gasteiger charge is -2.14. The molecule has 0 bridgehead atoms. The Hall–Kier alpha value is -3.13. The minimum atomic E-state index is -0.168. The third-order valence-corrected chi connectivity index (χ3v) is 5.24. The molecule has 0 aliphatic carbocycles. The Balaban J connectivity index is 1.33. The smallest absolute Gasteiger partial charge is 0.319 e. The summed E-state index contributed by atoms with van der Waals surface area (Å²) >= 11 is 0. The minimum absolute atomic E-state index is 0.168. The average molecular weight is 393 g/mol. The number of nitrogens with zero attached hydrogens (tertiary/aromatic N) is 4. The summed E-state index contributed by atoms with van der Waals surface area (Å²) in [6, 6.07) is 7.59. The van der Waals surface area contributed by atoms with Gasteiger partial charge in [0.25, 0.3) is 0 Å². The number of imidazole rings is 1. The molecular weight excluding hydrogens is 366 g/mol. The number of hydrogen-bond acceptors (Lipinski definition) is 5. The van der Waals surface area contributed by atoms with Crippen molar-refractivity contribution in [2.75, 3.05) is 43.9 Å². The van der Waals surface area contributed by atoms with E-state index in [1.54, 1.807) is 6.20 Å². The molecule has 0 spiro atoms. The number of fused-ring (bicyclic) bond motifs is 1. The van der Waals surface area contributed by atoms with Crippen molar-refractivity contribution < 1.29 is 4.79 Å². The van der Waals surface area contributed by atoms with Crippen LogP contribution in [-0.2, 0) is 0 Å². The number of carbonyl (C=O) groups excluding carboxylic acids is 1. The van der Waals surface area contributed by atoms with Crippen molar-refractivity contribution in [2.24, 2.45) is 0 Å². The third kappa shape index (κ3) is 4.48. The van der Waals surface area contributed by atoms with Crippen LogP contribution in [-0.4, -0.2) is 58.5 Å². The van der Waals surface area contributed by atoms with Gasteiger partial charge in [0.05, 0.1) is 11.9 Å². The molecule has 3 N–H and O–H groups in total. The first-order valence-corrected chi connectivity index (χ1v) is 10.1. The van der Waals surface area contributed by atoms with Crippen molar-refractivity contribution in [3.8, 4) is 11.3 Å². The maximum atomic E-state index is 12.1. The predicted octanol–water partition coefficient (Wildman–Crippen LogP) is 3.05. The Bertz CT molecular complexity index is 961. The van der Waals surface area contributed by atoms with Crippen LogP contribution in [0.4, 0.5) is 16.3 Å². The molecule has 4 rings (SSSR count). The molecular formula is C21H27N7O. The van der Waals surface area contributed by atoms with Gasteiger partial charge in [0.2, 0.25) is 0 Å². The molecule has 1 fully saturated rings. The maximum Gasteiger partial charge on any atom is 0.319 e. The van der Waals surface area contributed by atoms with E-state index in [0.717, 1.165) is 41.4 Å². The zero-order valence-electron chi connectivity index (χ0n) is 16.7. The summed E-state index contributed by atoms with van der Waals surface area (Å²) in [4.78, 5) is 23.3. The van der Waals surface area contributed by atoms with E-state index in [9.17, 15) is 4.79 Å². The Kier molecular flexibility index (Phi) is 5.90. The highest BCUT2D eigenvalue weighted by Gasteiger charge is 2.11. The van der Waals surface area contributed by atoms with Crippen LogP contribution in [0.3, 0.4) is 0 Å². The largest absolute Gasteiger partial charge is 0.370 e. The SMILES string of the molecule is CNc1nccn2c(-c3ccc(NC(=O)NCCCN4CCCC4)cc3)cnc12. The van der Waals surface area contributed by atoms with E-state index in [-0.39, 0.29) is 6.03 Å². The molecule has 0 radical (unpaired) electrons. The van der Waals surface area contributed by atoms with Crippen LogP contribution in [0.1, 0.15) is 19.3 Å². The molecule has 3 heterocycles. The van der Waals surface area contributed by atoms with Gasteiger partial charge in [-0.2, -0.15) is 0 Å². The monoisotopic (exact) mass is 393 g/mol. The lowest BCUT2D eigenvalue weighted by Crippen LogP contribution is -2.31. The van der Waals surface area contributed by atoms with Gasteiger partial charge in [-0.3, -0.25) is 4.40 Å². The molecule has 0 saturated carbocycles. The fourth-order valence-electron chi connectivity index (χ4n) is 3.72. The number of carbonyl (C=O) groups is 1. The zero-order valence-corrected chi connectivity index (χ0v) is 16.7. The van der Waals surface area contributed by atoms with Crippen molar-refractivity contribution in [3.05, 3.63) is 42.9 Å². The van der Waals surface area contributed by atoms with E-state index in [2.05, 4.69) is 30.8 Å². The summed E-state index contributed by atoms with van der Waals surface area (Å²) in [7, 11) is 1.83. The summed E-state index contributed by atoms with van der Waals surface area (Å²) in [5.41, 5.74) is 3.52. The lowest BCUT2D eigenvalue weighted by molar-refractivity contribution is 0.251. The second-order valence-corrected chi connectivity index (χ2v) is 7.22. The fraction of sp³-hybridized carbons (Fsp3) is 0.381. The molecule has 2 amide bonds. The number of likely N-dealkylation sites (tertiary alicyclic amines) is 1. The third-order valence-electron chi connectivity index (χ3n) is 5.24. The highest BCUT2D eigenvalue weighted by atomic mass is 16.2. The maximum absolute atomic E-state index is 12.1. The number of amides is 2. The normalized spacial score (nSPS) is 14.2. The number of benzene rings is 1. The second kappa shape index (κ2) is 8.91. The number of rotatable bonds is 7. The summed E-state index contributed by atoms with van der Waals surface area (Å²) in [6.07, 6.45) is 9.03. The quantitative estimate of drug-likeness (QED) is 0.537. The van der Waals surface area contributed by atoms with Gasteiger partial charge in [-0.25, -0.2) is 14.8 Å². The highest BCUT2D eigenvalue weighted by molar-refractivity contribution is 5.89. The highest BCUT2D eigenvalue weighted by Crippen LogP contribution is 2.24. The topological polar surface area (TPSA) is 86.6 Å². The summed E-state index contributed by atoms with van der Waals surface area (Å²) in [6.45, 7) is 4.12. The van der Waals surface area contributed by atoms with Gasteiger partial charge in [-0.05, 0) is 51.0 Å². The van der Waals surface area contributed by atoms with Gasteiger partial charge in [-0.15, -0.1) is 0 Å². The van der Waals surface area contributed by atoms with Gasteiger partial charge in [0.1, 0.15) is 0 Å². The molecule has 152 valence electrons. The minimum Gasteiger partial charge on any atom is -0.370 e. The van der Waals surface area contributed by atoms with Crippen LogP contribution < -0.4 is 16.0 Å². The number of nitrogens with one attached hydrogen (secondary N) is 3. The van der Waals surface area contributed by atoms with E-state index < -0.39 is 0 Å². The fourth-order valence-corrected chi connectivity index (χ4v) is 3.72. The Labute approximate surface area is 170 Å². The van der Waals surface area contributed by atoms with E-state index in [1.165, 1.54) is 25.9 Å². The van der Waals surface area contributed by atoms with E-state index in [1.807, 2.05) is 48.1 Å². The van der Waals surface area contributed by atoms with Crippen molar-refractivity contribution in [2.45, 2.75) is 19.3 Å². The first kappa shape index (κ1) is 19.2. The lowest BCUT2D eigenvalue weighted by atomic mass is 10.1. The molecule has 1 saturated heterocycles. The summed E-state index contributed by atoms with van der Waals surface area (Å²) < 4.78 is 1.99. The molecule has 3 aromatic rings. The number of anilines is 2. The van der Waals surface area contributed by atoms with Crippen LogP contribution in [0.2, 0.25) is 0 Å². The van der Waals surface area contributed by atoms with Crippen molar-refractivity contribution in [1.29, 1.82) is 0 Å². The first-order chi connectivity index (χ1) is 14.2. The van der Waals surface area contributed by atoms with Gasteiger partial charge < -0.3 is 20.9 Å². The molecule has 2 aromatic heterocycles. The first-order valence-electron chi connectivity index (χ1n) is 10.1. The Morgan fingerprint density at radius 1 is 1.14 bits per heavy atom. The molecule has 1 aliphatic rings. The van der Waals surface area contributed by atoms with Crippen LogP contribution in [0, 0.1) is 0 Å². The zero-order chi connectivity index (χ0) is 20.1. The van der Waals surface area contributed by atoms with Crippen LogP contribution >= 0.6 is 0 Å². The predicted molar refractivity (Wildman–Crippen MR) is 115 cm³/mol. The van der Waals surface area contributed by atoms with Gasteiger partial charge in [0, 0.05) is 37.2 Å². The molecule has 0 atom stereocenters. The van der Waals surface area contributed by atoms with E-state index in [0.29, 0.717) is 6.54 Å². The molecule has 29 heavy (non-hydrogen) atoms. The molecule has 1 aromatic carbocycles. The summed E-state index contributed by atoms with van der Waals surface area (Å²) in [5.74, 6) is 0.735.